The van der Waals surface area contributed by atoms with E-state index in [0.29, 0.717) is 17.6 Å². The zero-order valence-corrected chi connectivity index (χ0v) is 13.7. The van der Waals surface area contributed by atoms with Gasteiger partial charge in [-0.1, -0.05) is 13.8 Å². The maximum atomic E-state index is 12.2. The summed E-state index contributed by atoms with van der Waals surface area (Å²) in [6.45, 7) is 6.69. The molecule has 1 rings (SSSR count). The molecule has 0 bridgehead atoms. The average molecular weight is 290 g/mol. The minimum atomic E-state index is -3.01. The van der Waals surface area contributed by atoms with Crippen molar-refractivity contribution in [3.63, 3.8) is 0 Å². The highest BCUT2D eigenvalue weighted by molar-refractivity contribution is 7.89. The summed E-state index contributed by atoms with van der Waals surface area (Å²) in [4.78, 5) is 2.20. The van der Waals surface area contributed by atoms with Crippen molar-refractivity contribution in [2.24, 2.45) is 11.8 Å². The first-order chi connectivity index (χ1) is 8.81. The standard InChI is InChI=1S/C14H30N2O2S/c1-13(2)8-12-19(17,18)16-10-6-14(7-11-16)5-9-15(3)4/h13-14H,5-12H2,1-4H3. The van der Waals surface area contributed by atoms with Crippen molar-refractivity contribution < 1.29 is 8.42 Å². The van der Waals surface area contributed by atoms with Crippen molar-refractivity contribution in [2.75, 3.05) is 39.5 Å². The summed E-state index contributed by atoms with van der Waals surface area (Å²) in [6, 6.07) is 0. The van der Waals surface area contributed by atoms with Crippen LogP contribution >= 0.6 is 0 Å². The lowest BCUT2D eigenvalue weighted by Gasteiger charge is -2.31. The van der Waals surface area contributed by atoms with E-state index in [9.17, 15) is 8.42 Å². The van der Waals surface area contributed by atoms with Crippen LogP contribution in [0, 0.1) is 11.8 Å². The van der Waals surface area contributed by atoms with Crippen LogP contribution in [0.2, 0.25) is 0 Å². The van der Waals surface area contributed by atoms with Crippen LogP contribution in [0.5, 0.6) is 0 Å². The third kappa shape index (κ3) is 6.23. The maximum Gasteiger partial charge on any atom is 0.214 e. The van der Waals surface area contributed by atoms with Gasteiger partial charge < -0.3 is 4.90 Å². The molecule has 0 spiro atoms. The van der Waals surface area contributed by atoms with E-state index in [1.54, 1.807) is 4.31 Å². The smallest absolute Gasteiger partial charge is 0.214 e. The van der Waals surface area contributed by atoms with E-state index in [-0.39, 0.29) is 0 Å². The molecule has 0 N–H and O–H groups in total. The van der Waals surface area contributed by atoms with Crippen LogP contribution in [0.15, 0.2) is 0 Å². The molecule has 19 heavy (non-hydrogen) atoms. The van der Waals surface area contributed by atoms with E-state index >= 15 is 0 Å². The molecular weight excluding hydrogens is 260 g/mol. The first-order valence-corrected chi connectivity index (χ1v) is 9.04. The van der Waals surface area contributed by atoms with Crippen LogP contribution in [-0.4, -0.2) is 57.1 Å². The number of rotatable bonds is 7. The molecule has 0 aromatic rings. The molecule has 0 unspecified atom stereocenters. The largest absolute Gasteiger partial charge is 0.309 e. The molecule has 114 valence electrons. The zero-order valence-electron chi connectivity index (χ0n) is 12.9. The molecule has 1 fully saturated rings. The Hall–Kier alpha value is -0.130. The fourth-order valence-electron chi connectivity index (χ4n) is 2.43. The lowest BCUT2D eigenvalue weighted by Crippen LogP contribution is -2.40. The van der Waals surface area contributed by atoms with Crippen molar-refractivity contribution in [1.29, 1.82) is 0 Å². The summed E-state index contributed by atoms with van der Waals surface area (Å²) in [6.07, 6.45) is 4.00. The van der Waals surface area contributed by atoms with Crippen LogP contribution in [-0.2, 0) is 10.0 Å². The lowest BCUT2D eigenvalue weighted by atomic mass is 9.94. The molecule has 0 aliphatic carbocycles. The fraction of sp³-hybridized carbons (Fsp3) is 1.00. The third-order valence-corrected chi connectivity index (χ3v) is 5.81. The van der Waals surface area contributed by atoms with Crippen molar-refractivity contribution in [3.05, 3.63) is 0 Å². The SMILES string of the molecule is CC(C)CCS(=O)(=O)N1CCC(CCN(C)C)CC1. The van der Waals surface area contributed by atoms with Crippen LogP contribution in [0.1, 0.15) is 39.5 Å². The van der Waals surface area contributed by atoms with Gasteiger partial charge in [-0.25, -0.2) is 12.7 Å². The zero-order chi connectivity index (χ0) is 14.5. The van der Waals surface area contributed by atoms with Gasteiger partial charge in [-0.15, -0.1) is 0 Å². The fourth-order valence-corrected chi connectivity index (χ4v) is 4.23. The topological polar surface area (TPSA) is 40.6 Å². The number of hydrogen-bond donors (Lipinski definition) is 0. The molecule has 1 saturated heterocycles. The Morgan fingerprint density at radius 3 is 2.26 bits per heavy atom. The highest BCUT2D eigenvalue weighted by atomic mass is 32.2. The first kappa shape index (κ1) is 16.9. The molecule has 0 amide bonds. The summed E-state index contributed by atoms with van der Waals surface area (Å²) in [5, 5.41) is 0. The number of hydrogen-bond acceptors (Lipinski definition) is 3. The molecule has 5 heteroatoms. The monoisotopic (exact) mass is 290 g/mol. The normalized spacial score (nSPS) is 19.5. The molecule has 0 radical (unpaired) electrons. The number of piperidine rings is 1. The van der Waals surface area contributed by atoms with Gasteiger partial charge in [0.05, 0.1) is 5.75 Å². The quantitative estimate of drug-likeness (QED) is 0.720. The maximum absolute atomic E-state index is 12.2. The Kier molecular flexibility index (Phi) is 6.77. The Labute approximate surface area is 119 Å². The van der Waals surface area contributed by atoms with E-state index in [2.05, 4.69) is 32.8 Å². The molecule has 0 aromatic carbocycles. The van der Waals surface area contributed by atoms with Crippen molar-refractivity contribution in [2.45, 2.75) is 39.5 Å². The predicted molar refractivity (Wildman–Crippen MR) is 80.7 cm³/mol. The van der Waals surface area contributed by atoms with Gasteiger partial charge in [-0.3, -0.25) is 0 Å². The second kappa shape index (κ2) is 7.60. The van der Waals surface area contributed by atoms with Gasteiger partial charge in [0.25, 0.3) is 0 Å². The van der Waals surface area contributed by atoms with Gasteiger partial charge in [0, 0.05) is 13.1 Å². The van der Waals surface area contributed by atoms with Gasteiger partial charge >= 0.3 is 0 Å². The van der Waals surface area contributed by atoms with Gasteiger partial charge in [0.15, 0.2) is 0 Å². The van der Waals surface area contributed by atoms with Gasteiger partial charge in [-0.05, 0) is 58.2 Å². The minimum absolute atomic E-state index is 0.313. The van der Waals surface area contributed by atoms with Gasteiger partial charge in [-0.2, -0.15) is 0 Å². The second-order valence-electron chi connectivity index (χ2n) is 6.43. The Balaban J connectivity index is 2.36. The van der Waals surface area contributed by atoms with E-state index in [1.807, 2.05) is 0 Å². The van der Waals surface area contributed by atoms with Crippen molar-refractivity contribution in [1.82, 2.24) is 9.21 Å². The van der Waals surface area contributed by atoms with Gasteiger partial charge in [0.1, 0.15) is 0 Å². The molecule has 0 saturated carbocycles. The van der Waals surface area contributed by atoms with E-state index in [4.69, 9.17) is 0 Å². The van der Waals surface area contributed by atoms with Crippen LogP contribution in [0.3, 0.4) is 0 Å². The summed E-state index contributed by atoms with van der Waals surface area (Å²) >= 11 is 0. The molecule has 1 aliphatic heterocycles. The molecule has 4 nitrogen and oxygen atoms in total. The van der Waals surface area contributed by atoms with Crippen molar-refractivity contribution >= 4 is 10.0 Å². The first-order valence-electron chi connectivity index (χ1n) is 7.44. The molecule has 0 aromatic heterocycles. The highest BCUT2D eigenvalue weighted by Gasteiger charge is 2.27. The lowest BCUT2D eigenvalue weighted by molar-refractivity contribution is 0.243. The number of sulfonamides is 1. The van der Waals surface area contributed by atoms with Crippen molar-refractivity contribution in [3.8, 4) is 0 Å². The van der Waals surface area contributed by atoms with Crippen LogP contribution in [0.25, 0.3) is 0 Å². The van der Waals surface area contributed by atoms with Crippen LogP contribution in [0.4, 0.5) is 0 Å². The van der Waals surface area contributed by atoms with E-state index in [0.717, 1.165) is 38.9 Å². The number of nitrogens with zero attached hydrogens (tertiary/aromatic N) is 2. The highest BCUT2D eigenvalue weighted by Crippen LogP contribution is 2.23. The Morgan fingerprint density at radius 2 is 1.79 bits per heavy atom. The summed E-state index contributed by atoms with van der Waals surface area (Å²) < 4.78 is 26.1. The Morgan fingerprint density at radius 1 is 1.21 bits per heavy atom. The Bertz CT molecular complexity index is 344. The second-order valence-corrected chi connectivity index (χ2v) is 8.52. The summed E-state index contributed by atoms with van der Waals surface area (Å²) in [5.41, 5.74) is 0. The van der Waals surface area contributed by atoms with E-state index in [1.165, 1.54) is 6.42 Å². The third-order valence-electron chi connectivity index (χ3n) is 3.90. The summed E-state index contributed by atoms with van der Waals surface area (Å²) in [7, 11) is 1.17. The summed E-state index contributed by atoms with van der Waals surface area (Å²) in [5.74, 6) is 1.46. The average Bonchev–Trinajstić information content (AvgIpc) is 2.34. The molecular formula is C14H30N2O2S. The molecule has 1 heterocycles. The van der Waals surface area contributed by atoms with E-state index < -0.39 is 10.0 Å². The predicted octanol–water partition coefficient (Wildman–Crippen LogP) is 2.03. The molecule has 1 aliphatic rings. The van der Waals surface area contributed by atoms with Gasteiger partial charge in [0.2, 0.25) is 10.0 Å². The molecule has 0 atom stereocenters. The van der Waals surface area contributed by atoms with Crippen LogP contribution < -0.4 is 0 Å². The minimum Gasteiger partial charge on any atom is -0.309 e.